The summed E-state index contributed by atoms with van der Waals surface area (Å²) in [6, 6.07) is 8.51. The Bertz CT molecular complexity index is 646. The van der Waals surface area contributed by atoms with Crippen molar-refractivity contribution in [1.29, 1.82) is 0 Å². The van der Waals surface area contributed by atoms with E-state index >= 15 is 0 Å². The summed E-state index contributed by atoms with van der Waals surface area (Å²) >= 11 is 0. The minimum absolute atomic E-state index is 0.179. The summed E-state index contributed by atoms with van der Waals surface area (Å²) in [5.41, 5.74) is 0. The molecule has 0 N–H and O–H groups in total. The number of sulfonamides is 1. The van der Waals surface area contributed by atoms with Gasteiger partial charge in [0.1, 0.15) is 0 Å². The number of carbonyl (C=O) groups is 1. The van der Waals surface area contributed by atoms with Crippen molar-refractivity contribution in [2.24, 2.45) is 5.92 Å². The van der Waals surface area contributed by atoms with Gasteiger partial charge in [-0.15, -0.1) is 0 Å². The Balaban J connectivity index is 1.51. The smallest absolute Gasteiger partial charge is 0.243 e. The molecule has 1 amide bonds. The fraction of sp³-hybridized carbons (Fsp3) is 0.611. The Morgan fingerprint density at radius 2 is 1.62 bits per heavy atom. The maximum absolute atomic E-state index is 12.6. The number of amides is 1. The molecule has 0 radical (unpaired) electrons. The molecule has 3 rings (SSSR count). The number of piperazine rings is 1. The van der Waals surface area contributed by atoms with Gasteiger partial charge in [-0.05, 0) is 24.5 Å². The molecule has 1 saturated heterocycles. The largest absolute Gasteiger partial charge is 0.340 e. The fourth-order valence-corrected chi connectivity index (χ4v) is 5.15. The molecule has 1 aromatic rings. The van der Waals surface area contributed by atoms with Crippen molar-refractivity contribution >= 4 is 15.9 Å². The normalized spacial score (nSPS) is 20.4. The van der Waals surface area contributed by atoms with E-state index in [0.29, 0.717) is 43.4 Å². The topological polar surface area (TPSA) is 57.7 Å². The molecule has 2 aliphatic rings. The van der Waals surface area contributed by atoms with Crippen LogP contribution >= 0.6 is 0 Å². The first-order valence-corrected chi connectivity index (χ1v) is 10.3. The van der Waals surface area contributed by atoms with E-state index in [1.54, 1.807) is 30.3 Å². The van der Waals surface area contributed by atoms with E-state index in [1.807, 2.05) is 4.90 Å². The molecule has 0 spiro atoms. The van der Waals surface area contributed by atoms with Crippen LogP contribution in [0.2, 0.25) is 0 Å². The lowest BCUT2D eigenvalue weighted by molar-refractivity contribution is -0.132. The zero-order chi connectivity index (χ0) is 17.0. The predicted octanol–water partition coefficient (Wildman–Crippen LogP) is 2.49. The maximum Gasteiger partial charge on any atom is 0.243 e. The van der Waals surface area contributed by atoms with Gasteiger partial charge in [-0.2, -0.15) is 4.31 Å². The number of hydrogen-bond acceptors (Lipinski definition) is 3. The molecular formula is C18H26N2O3S. The summed E-state index contributed by atoms with van der Waals surface area (Å²) in [7, 11) is -3.44. The van der Waals surface area contributed by atoms with Crippen molar-refractivity contribution in [3.8, 4) is 0 Å². The highest BCUT2D eigenvalue weighted by Crippen LogP contribution is 2.28. The summed E-state index contributed by atoms with van der Waals surface area (Å²) in [6.45, 7) is 1.75. The summed E-state index contributed by atoms with van der Waals surface area (Å²) in [5, 5.41) is 0. The summed E-state index contributed by atoms with van der Waals surface area (Å²) in [4.78, 5) is 14.5. The standard InChI is InChI=1S/C18H26N2O3S/c21-18(11-10-16-6-4-5-7-16)19-12-14-20(15-13-19)24(22,23)17-8-2-1-3-9-17/h1-3,8-9,16H,4-7,10-15H2. The number of nitrogens with zero attached hydrogens (tertiary/aromatic N) is 2. The second kappa shape index (κ2) is 7.66. The van der Waals surface area contributed by atoms with E-state index in [1.165, 1.54) is 30.0 Å². The van der Waals surface area contributed by atoms with Crippen LogP contribution in [0.25, 0.3) is 0 Å². The number of carbonyl (C=O) groups excluding carboxylic acids is 1. The lowest BCUT2D eigenvalue weighted by atomic mass is 10.0. The average Bonchev–Trinajstić information content (AvgIpc) is 3.14. The summed E-state index contributed by atoms with van der Waals surface area (Å²) in [5.74, 6) is 0.896. The molecule has 24 heavy (non-hydrogen) atoms. The molecule has 1 heterocycles. The average molecular weight is 350 g/mol. The third-order valence-electron chi connectivity index (χ3n) is 5.21. The number of benzene rings is 1. The Morgan fingerprint density at radius 3 is 2.25 bits per heavy atom. The van der Waals surface area contributed by atoms with Crippen LogP contribution < -0.4 is 0 Å². The van der Waals surface area contributed by atoms with Gasteiger partial charge in [-0.3, -0.25) is 4.79 Å². The third kappa shape index (κ3) is 3.98. The Labute approximate surface area is 144 Å². The molecule has 0 atom stereocenters. The van der Waals surface area contributed by atoms with Crippen LogP contribution in [0.15, 0.2) is 35.2 Å². The van der Waals surface area contributed by atoms with Gasteiger partial charge in [0, 0.05) is 32.6 Å². The van der Waals surface area contributed by atoms with E-state index < -0.39 is 10.0 Å². The highest BCUT2D eigenvalue weighted by Gasteiger charge is 2.30. The van der Waals surface area contributed by atoms with Gasteiger partial charge in [0.05, 0.1) is 4.90 Å². The highest BCUT2D eigenvalue weighted by molar-refractivity contribution is 7.89. The quantitative estimate of drug-likeness (QED) is 0.820. The minimum atomic E-state index is -3.44. The number of hydrogen-bond donors (Lipinski definition) is 0. The van der Waals surface area contributed by atoms with Gasteiger partial charge >= 0.3 is 0 Å². The Morgan fingerprint density at radius 1 is 1.00 bits per heavy atom. The first-order valence-electron chi connectivity index (χ1n) is 8.90. The predicted molar refractivity (Wildman–Crippen MR) is 93.0 cm³/mol. The van der Waals surface area contributed by atoms with E-state index in [-0.39, 0.29) is 5.91 Å². The van der Waals surface area contributed by atoms with Crippen molar-refractivity contribution in [3.63, 3.8) is 0 Å². The van der Waals surface area contributed by atoms with E-state index in [0.717, 1.165) is 6.42 Å². The van der Waals surface area contributed by atoms with Crippen LogP contribution in [0, 0.1) is 5.92 Å². The van der Waals surface area contributed by atoms with E-state index in [4.69, 9.17) is 0 Å². The van der Waals surface area contributed by atoms with Crippen molar-refractivity contribution in [2.45, 2.75) is 43.4 Å². The van der Waals surface area contributed by atoms with Gasteiger partial charge in [0.15, 0.2) is 0 Å². The zero-order valence-electron chi connectivity index (χ0n) is 14.1. The summed E-state index contributed by atoms with van der Waals surface area (Å²) < 4.78 is 26.7. The van der Waals surface area contributed by atoms with Crippen molar-refractivity contribution in [3.05, 3.63) is 30.3 Å². The van der Waals surface area contributed by atoms with E-state index in [2.05, 4.69) is 0 Å². The van der Waals surface area contributed by atoms with Crippen LogP contribution in [0.1, 0.15) is 38.5 Å². The SMILES string of the molecule is O=C(CCC1CCCC1)N1CCN(S(=O)(=O)c2ccccc2)CC1. The summed E-state index contributed by atoms with van der Waals surface area (Å²) in [6.07, 6.45) is 6.72. The van der Waals surface area contributed by atoms with Crippen molar-refractivity contribution < 1.29 is 13.2 Å². The molecular weight excluding hydrogens is 324 g/mol. The zero-order valence-corrected chi connectivity index (χ0v) is 14.9. The monoisotopic (exact) mass is 350 g/mol. The molecule has 1 aliphatic heterocycles. The van der Waals surface area contributed by atoms with Gasteiger partial charge in [-0.25, -0.2) is 8.42 Å². The highest BCUT2D eigenvalue weighted by atomic mass is 32.2. The first-order chi connectivity index (χ1) is 11.6. The molecule has 132 valence electrons. The molecule has 1 aromatic carbocycles. The number of rotatable bonds is 5. The molecule has 1 saturated carbocycles. The van der Waals surface area contributed by atoms with Crippen molar-refractivity contribution in [1.82, 2.24) is 9.21 Å². The van der Waals surface area contributed by atoms with Crippen LogP contribution in [0.4, 0.5) is 0 Å². The maximum atomic E-state index is 12.6. The molecule has 0 bridgehead atoms. The van der Waals surface area contributed by atoms with Gasteiger partial charge < -0.3 is 4.90 Å². The lowest BCUT2D eigenvalue weighted by Crippen LogP contribution is -2.50. The van der Waals surface area contributed by atoms with Crippen LogP contribution in [-0.4, -0.2) is 49.7 Å². The van der Waals surface area contributed by atoms with Crippen LogP contribution in [-0.2, 0) is 14.8 Å². The molecule has 0 aromatic heterocycles. The van der Waals surface area contributed by atoms with Crippen molar-refractivity contribution in [2.75, 3.05) is 26.2 Å². The Hall–Kier alpha value is -1.40. The molecule has 0 unspecified atom stereocenters. The first kappa shape index (κ1) is 17.4. The fourth-order valence-electron chi connectivity index (χ4n) is 3.70. The minimum Gasteiger partial charge on any atom is -0.340 e. The molecule has 5 nitrogen and oxygen atoms in total. The van der Waals surface area contributed by atoms with Crippen LogP contribution in [0.5, 0.6) is 0 Å². The molecule has 6 heteroatoms. The van der Waals surface area contributed by atoms with Crippen LogP contribution in [0.3, 0.4) is 0 Å². The molecule has 1 aliphatic carbocycles. The molecule has 2 fully saturated rings. The Kier molecular flexibility index (Phi) is 5.56. The van der Waals surface area contributed by atoms with E-state index in [9.17, 15) is 13.2 Å². The van der Waals surface area contributed by atoms with Gasteiger partial charge in [0.2, 0.25) is 15.9 Å². The van der Waals surface area contributed by atoms with Gasteiger partial charge in [-0.1, -0.05) is 43.9 Å². The lowest BCUT2D eigenvalue weighted by Gasteiger charge is -2.34. The third-order valence-corrected chi connectivity index (χ3v) is 7.13. The second-order valence-corrected chi connectivity index (χ2v) is 8.73. The van der Waals surface area contributed by atoms with Gasteiger partial charge in [0.25, 0.3) is 0 Å². The second-order valence-electron chi connectivity index (χ2n) is 6.79.